The topological polar surface area (TPSA) is 76.4 Å². The van der Waals surface area contributed by atoms with E-state index < -0.39 is 10.7 Å². The molecule has 0 heterocycles. The molecule has 0 aliphatic carbocycles. The molecule has 0 radical (unpaired) electrons. The van der Waals surface area contributed by atoms with Crippen molar-refractivity contribution in [1.82, 2.24) is 5.32 Å². The van der Waals surface area contributed by atoms with Crippen LogP contribution in [-0.2, 0) is 0 Å². The van der Waals surface area contributed by atoms with Gasteiger partial charge in [-0.15, -0.1) is 0 Å². The van der Waals surface area contributed by atoms with E-state index in [1.807, 2.05) is 6.92 Å². The quantitative estimate of drug-likeness (QED) is 0.442. The van der Waals surface area contributed by atoms with Gasteiger partial charge < -0.3 is 15.4 Å². The smallest absolute Gasteiger partial charge is 0.295 e. The summed E-state index contributed by atoms with van der Waals surface area (Å²) in [6, 6.07) is 2.15. The van der Waals surface area contributed by atoms with Gasteiger partial charge in [0.25, 0.3) is 5.69 Å². The van der Waals surface area contributed by atoms with Crippen molar-refractivity contribution >= 4 is 11.4 Å². The number of halogens is 1. The summed E-state index contributed by atoms with van der Waals surface area (Å²) in [4.78, 5) is 10.2. The van der Waals surface area contributed by atoms with Crippen molar-refractivity contribution in [3.63, 3.8) is 0 Å². The van der Waals surface area contributed by atoms with Gasteiger partial charge in [-0.3, -0.25) is 10.1 Å². The SMILES string of the molecule is CCNCCNc1cc(OC)c(F)cc1[N+](=O)[O-]. The van der Waals surface area contributed by atoms with Crippen molar-refractivity contribution < 1.29 is 14.1 Å². The summed E-state index contributed by atoms with van der Waals surface area (Å²) in [6.45, 7) is 3.94. The highest BCUT2D eigenvalue weighted by Crippen LogP contribution is 2.31. The summed E-state index contributed by atoms with van der Waals surface area (Å²) >= 11 is 0. The molecule has 0 spiro atoms. The molecule has 0 saturated heterocycles. The molecule has 0 atom stereocenters. The molecule has 0 saturated carbocycles. The minimum absolute atomic E-state index is 0.0217. The summed E-state index contributed by atoms with van der Waals surface area (Å²) in [7, 11) is 1.31. The summed E-state index contributed by atoms with van der Waals surface area (Å²) in [5.41, 5.74) is -0.0547. The van der Waals surface area contributed by atoms with Crippen LogP contribution in [0.5, 0.6) is 5.75 Å². The standard InChI is InChI=1S/C11H16FN3O3/c1-3-13-4-5-14-9-7-11(18-2)8(12)6-10(9)15(16)17/h6-7,13-14H,3-5H2,1-2H3. The van der Waals surface area contributed by atoms with Gasteiger partial charge >= 0.3 is 0 Å². The van der Waals surface area contributed by atoms with Crippen LogP contribution in [0.3, 0.4) is 0 Å². The largest absolute Gasteiger partial charge is 0.494 e. The van der Waals surface area contributed by atoms with E-state index in [-0.39, 0.29) is 17.1 Å². The molecule has 1 aromatic carbocycles. The number of nitrogens with one attached hydrogen (secondary N) is 2. The molecule has 0 amide bonds. The molecule has 6 nitrogen and oxygen atoms in total. The fraction of sp³-hybridized carbons (Fsp3) is 0.455. The minimum Gasteiger partial charge on any atom is -0.494 e. The van der Waals surface area contributed by atoms with Crippen molar-refractivity contribution in [2.24, 2.45) is 0 Å². The van der Waals surface area contributed by atoms with E-state index in [1.54, 1.807) is 0 Å². The van der Waals surface area contributed by atoms with Gasteiger partial charge in [-0.2, -0.15) is 0 Å². The Morgan fingerprint density at radius 1 is 1.44 bits per heavy atom. The Labute approximate surface area is 104 Å². The maximum atomic E-state index is 13.4. The van der Waals surface area contributed by atoms with E-state index in [9.17, 15) is 14.5 Å². The van der Waals surface area contributed by atoms with Crippen molar-refractivity contribution in [3.05, 3.63) is 28.1 Å². The predicted octanol–water partition coefficient (Wildman–Crippen LogP) is 1.76. The summed E-state index contributed by atoms with van der Waals surface area (Å²) in [5.74, 6) is -0.770. The van der Waals surface area contributed by atoms with Crippen LogP contribution in [-0.4, -0.2) is 31.7 Å². The Hall–Kier alpha value is -1.89. The molecule has 0 aliphatic heterocycles. The van der Waals surface area contributed by atoms with Crippen LogP contribution in [0.4, 0.5) is 15.8 Å². The third-order valence-electron chi connectivity index (χ3n) is 2.33. The number of benzene rings is 1. The molecule has 0 unspecified atom stereocenters. The Morgan fingerprint density at radius 3 is 2.72 bits per heavy atom. The molecule has 2 N–H and O–H groups in total. The lowest BCUT2D eigenvalue weighted by molar-refractivity contribution is -0.384. The first kappa shape index (κ1) is 14.2. The predicted molar refractivity (Wildman–Crippen MR) is 66.6 cm³/mol. The van der Waals surface area contributed by atoms with Crippen molar-refractivity contribution in [2.75, 3.05) is 32.1 Å². The van der Waals surface area contributed by atoms with E-state index in [0.29, 0.717) is 13.1 Å². The highest BCUT2D eigenvalue weighted by Gasteiger charge is 2.18. The van der Waals surface area contributed by atoms with Gasteiger partial charge in [-0.05, 0) is 6.54 Å². The van der Waals surface area contributed by atoms with Gasteiger partial charge in [0.05, 0.1) is 18.1 Å². The van der Waals surface area contributed by atoms with Gasteiger partial charge in [0.1, 0.15) is 5.69 Å². The molecule has 100 valence electrons. The number of hydrogen-bond donors (Lipinski definition) is 2. The number of likely N-dealkylation sites (N-methyl/N-ethyl adjacent to an activating group) is 1. The maximum absolute atomic E-state index is 13.4. The van der Waals surface area contributed by atoms with Gasteiger partial charge in [0.2, 0.25) is 0 Å². The number of rotatable bonds is 7. The Kier molecular flexibility index (Phi) is 5.31. The van der Waals surface area contributed by atoms with Gasteiger partial charge in [0.15, 0.2) is 11.6 Å². The summed E-state index contributed by atoms with van der Waals surface area (Å²) in [5, 5.41) is 16.8. The first-order valence-corrected chi connectivity index (χ1v) is 5.56. The van der Waals surface area contributed by atoms with Crippen LogP contribution in [0.25, 0.3) is 0 Å². The van der Waals surface area contributed by atoms with Crippen molar-refractivity contribution in [1.29, 1.82) is 0 Å². The lowest BCUT2D eigenvalue weighted by Gasteiger charge is -2.09. The van der Waals surface area contributed by atoms with E-state index >= 15 is 0 Å². The molecule has 0 aliphatic rings. The maximum Gasteiger partial charge on any atom is 0.295 e. The fourth-order valence-corrected chi connectivity index (χ4v) is 1.45. The Bertz CT molecular complexity index is 426. The van der Waals surface area contributed by atoms with Gasteiger partial charge in [-0.1, -0.05) is 6.92 Å². The number of methoxy groups -OCH3 is 1. The third-order valence-corrected chi connectivity index (χ3v) is 2.33. The molecule has 1 aromatic rings. The number of nitro benzene ring substituents is 1. The zero-order valence-electron chi connectivity index (χ0n) is 10.3. The van der Waals surface area contributed by atoms with Crippen LogP contribution in [0.2, 0.25) is 0 Å². The van der Waals surface area contributed by atoms with Crippen molar-refractivity contribution in [3.8, 4) is 5.75 Å². The first-order valence-electron chi connectivity index (χ1n) is 5.56. The number of nitrogens with zero attached hydrogens (tertiary/aromatic N) is 1. The highest BCUT2D eigenvalue weighted by atomic mass is 19.1. The fourth-order valence-electron chi connectivity index (χ4n) is 1.45. The average molecular weight is 257 g/mol. The molecule has 0 bridgehead atoms. The third kappa shape index (κ3) is 3.56. The van der Waals surface area contributed by atoms with Gasteiger partial charge in [-0.25, -0.2) is 4.39 Å². The Morgan fingerprint density at radius 2 is 2.17 bits per heavy atom. The zero-order chi connectivity index (χ0) is 13.5. The number of anilines is 1. The Balaban J connectivity index is 2.88. The molecule has 1 rings (SSSR count). The summed E-state index contributed by atoms with van der Waals surface area (Å²) in [6.07, 6.45) is 0. The first-order chi connectivity index (χ1) is 8.60. The number of hydrogen-bond acceptors (Lipinski definition) is 5. The molecule has 0 fully saturated rings. The van der Waals surface area contributed by atoms with Gasteiger partial charge in [0, 0.05) is 19.2 Å². The number of nitro groups is 1. The summed E-state index contributed by atoms with van der Waals surface area (Å²) < 4.78 is 18.2. The lowest BCUT2D eigenvalue weighted by atomic mass is 10.2. The molecule has 7 heteroatoms. The second-order valence-corrected chi connectivity index (χ2v) is 3.54. The zero-order valence-corrected chi connectivity index (χ0v) is 10.3. The molecule has 18 heavy (non-hydrogen) atoms. The second-order valence-electron chi connectivity index (χ2n) is 3.54. The van der Waals surface area contributed by atoms with Crippen LogP contribution in [0.15, 0.2) is 12.1 Å². The van der Waals surface area contributed by atoms with E-state index in [2.05, 4.69) is 10.6 Å². The lowest BCUT2D eigenvalue weighted by Crippen LogP contribution is -2.21. The highest BCUT2D eigenvalue weighted by molar-refractivity contribution is 5.64. The van der Waals surface area contributed by atoms with Crippen LogP contribution in [0, 0.1) is 15.9 Å². The minimum atomic E-state index is -0.749. The van der Waals surface area contributed by atoms with Crippen molar-refractivity contribution in [2.45, 2.75) is 6.92 Å². The van der Waals surface area contributed by atoms with E-state index in [0.717, 1.165) is 12.6 Å². The monoisotopic (exact) mass is 257 g/mol. The van der Waals surface area contributed by atoms with E-state index in [4.69, 9.17) is 4.74 Å². The number of ether oxygens (including phenoxy) is 1. The van der Waals surface area contributed by atoms with Crippen LogP contribution < -0.4 is 15.4 Å². The molecule has 0 aromatic heterocycles. The van der Waals surface area contributed by atoms with E-state index in [1.165, 1.54) is 13.2 Å². The normalized spacial score (nSPS) is 10.2. The van der Waals surface area contributed by atoms with Crippen LogP contribution >= 0.6 is 0 Å². The second kappa shape index (κ2) is 6.75. The van der Waals surface area contributed by atoms with Crippen LogP contribution in [0.1, 0.15) is 6.92 Å². The molecular formula is C11H16FN3O3. The average Bonchev–Trinajstić information content (AvgIpc) is 2.35. The molecular weight excluding hydrogens is 241 g/mol.